The summed E-state index contributed by atoms with van der Waals surface area (Å²) in [7, 11) is 0. The lowest BCUT2D eigenvalue weighted by molar-refractivity contribution is -0.137. The van der Waals surface area contributed by atoms with E-state index in [-0.39, 0.29) is 12.3 Å². The SMILES string of the molecule is CC(C)(O)CN1CC(CC(=O)O)c2ccccc21. The number of para-hydroxylation sites is 1. The van der Waals surface area contributed by atoms with E-state index in [1.54, 1.807) is 13.8 Å². The average molecular weight is 249 g/mol. The molecule has 0 aromatic heterocycles. The van der Waals surface area contributed by atoms with Gasteiger partial charge in [-0.1, -0.05) is 18.2 Å². The molecule has 4 heteroatoms. The molecule has 1 aliphatic rings. The average Bonchev–Trinajstić information content (AvgIpc) is 2.54. The molecule has 1 aromatic rings. The van der Waals surface area contributed by atoms with Crippen LogP contribution in [0.2, 0.25) is 0 Å². The highest BCUT2D eigenvalue weighted by Gasteiger charge is 2.32. The fourth-order valence-electron chi connectivity index (χ4n) is 2.59. The van der Waals surface area contributed by atoms with Gasteiger partial charge in [0.05, 0.1) is 12.0 Å². The molecule has 0 saturated heterocycles. The van der Waals surface area contributed by atoms with Crippen molar-refractivity contribution in [3.05, 3.63) is 29.8 Å². The maximum absolute atomic E-state index is 10.9. The van der Waals surface area contributed by atoms with Crippen LogP contribution in [0.4, 0.5) is 5.69 Å². The van der Waals surface area contributed by atoms with E-state index in [2.05, 4.69) is 4.90 Å². The Morgan fingerprint density at radius 1 is 1.44 bits per heavy atom. The van der Waals surface area contributed by atoms with Crippen LogP contribution in [0.5, 0.6) is 0 Å². The molecule has 0 bridgehead atoms. The molecule has 1 atom stereocenters. The van der Waals surface area contributed by atoms with E-state index in [4.69, 9.17) is 5.11 Å². The third-order valence-electron chi connectivity index (χ3n) is 3.16. The molecular weight excluding hydrogens is 230 g/mol. The summed E-state index contributed by atoms with van der Waals surface area (Å²) < 4.78 is 0. The zero-order valence-electron chi connectivity index (χ0n) is 10.8. The van der Waals surface area contributed by atoms with Crippen LogP contribution in [0.3, 0.4) is 0 Å². The number of hydrogen-bond acceptors (Lipinski definition) is 3. The minimum Gasteiger partial charge on any atom is -0.481 e. The zero-order chi connectivity index (χ0) is 13.3. The Balaban J connectivity index is 2.24. The molecule has 4 nitrogen and oxygen atoms in total. The molecule has 1 aromatic carbocycles. The van der Waals surface area contributed by atoms with E-state index in [9.17, 15) is 9.90 Å². The second-order valence-corrected chi connectivity index (χ2v) is 5.55. The number of aliphatic carboxylic acids is 1. The standard InChI is InChI=1S/C14H19NO3/c1-14(2,18)9-15-8-10(7-13(16)17)11-5-3-4-6-12(11)15/h3-6,10,18H,7-9H2,1-2H3,(H,16,17). The third kappa shape index (κ3) is 2.82. The Labute approximate surface area is 107 Å². The van der Waals surface area contributed by atoms with Gasteiger partial charge < -0.3 is 15.1 Å². The van der Waals surface area contributed by atoms with Crippen LogP contribution in [0, 0.1) is 0 Å². The molecule has 0 spiro atoms. The number of hydrogen-bond donors (Lipinski definition) is 2. The van der Waals surface area contributed by atoms with Crippen molar-refractivity contribution in [1.82, 2.24) is 0 Å². The monoisotopic (exact) mass is 249 g/mol. The van der Waals surface area contributed by atoms with Crippen molar-refractivity contribution in [2.75, 3.05) is 18.0 Å². The molecule has 1 unspecified atom stereocenters. The summed E-state index contributed by atoms with van der Waals surface area (Å²) in [5.74, 6) is -0.763. The molecule has 0 saturated carbocycles. The van der Waals surface area contributed by atoms with Crippen LogP contribution < -0.4 is 4.90 Å². The van der Waals surface area contributed by atoms with Gasteiger partial charge in [0.2, 0.25) is 0 Å². The summed E-state index contributed by atoms with van der Waals surface area (Å²) in [5.41, 5.74) is 1.33. The van der Waals surface area contributed by atoms with E-state index in [0.29, 0.717) is 13.1 Å². The molecule has 1 heterocycles. The zero-order valence-corrected chi connectivity index (χ0v) is 10.8. The van der Waals surface area contributed by atoms with Crippen LogP contribution in [-0.2, 0) is 4.79 Å². The Hall–Kier alpha value is -1.55. The van der Waals surface area contributed by atoms with Gasteiger partial charge in [-0.05, 0) is 25.5 Å². The molecule has 0 amide bonds. The smallest absolute Gasteiger partial charge is 0.304 e. The number of anilines is 1. The summed E-state index contributed by atoms with van der Waals surface area (Å²) in [6.07, 6.45) is 0.138. The highest BCUT2D eigenvalue weighted by Crippen LogP contribution is 2.38. The van der Waals surface area contributed by atoms with Gasteiger partial charge in [0.1, 0.15) is 0 Å². The molecule has 0 fully saturated rings. The van der Waals surface area contributed by atoms with Crippen molar-refractivity contribution in [3.8, 4) is 0 Å². The van der Waals surface area contributed by atoms with E-state index in [1.807, 2.05) is 24.3 Å². The molecule has 2 N–H and O–H groups in total. The summed E-state index contributed by atoms with van der Waals surface area (Å²) in [5, 5.41) is 18.9. The van der Waals surface area contributed by atoms with Crippen LogP contribution in [-0.4, -0.2) is 34.9 Å². The van der Waals surface area contributed by atoms with Gasteiger partial charge in [0.25, 0.3) is 0 Å². The van der Waals surface area contributed by atoms with E-state index < -0.39 is 11.6 Å². The first-order chi connectivity index (χ1) is 8.37. The van der Waals surface area contributed by atoms with Gasteiger partial charge in [0, 0.05) is 24.7 Å². The quantitative estimate of drug-likeness (QED) is 0.854. The first kappa shape index (κ1) is 12.9. The van der Waals surface area contributed by atoms with Crippen LogP contribution >= 0.6 is 0 Å². The Morgan fingerprint density at radius 3 is 2.72 bits per heavy atom. The van der Waals surface area contributed by atoms with Crippen molar-refractivity contribution in [1.29, 1.82) is 0 Å². The number of aliphatic hydroxyl groups is 1. The van der Waals surface area contributed by atoms with Crippen molar-refractivity contribution in [3.63, 3.8) is 0 Å². The van der Waals surface area contributed by atoms with Crippen molar-refractivity contribution in [2.24, 2.45) is 0 Å². The van der Waals surface area contributed by atoms with Gasteiger partial charge >= 0.3 is 5.97 Å². The molecular formula is C14H19NO3. The highest BCUT2D eigenvalue weighted by molar-refractivity contribution is 5.71. The number of nitrogens with zero attached hydrogens (tertiary/aromatic N) is 1. The van der Waals surface area contributed by atoms with Crippen LogP contribution in [0.15, 0.2) is 24.3 Å². The van der Waals surface area contributed by atoms with Gasteiger partial charge in [-0.2, -0.15) is 0 Å². The second kappa shape index (κ2) is 4.61. The third-order valence-corrected chi connectivity index (χ3v) is 3.16. The number of carboxylic acid groups (broad SMARTS) is 1. The number of β-amino-alcohol motifs (C(OH)–C–C–N with tert-alkyl or cyclic N) is 1. The molecule has 1 aliphatic heterocycles. The minimum atomic E-state index is -0.786. The van der Waals surface area contributed by atoms with Gasteiger partial charge in [0.15, 0.2) is 0 Å². The number of benzene rings is 1. The first-order valence-electron chi connectivity index (χ1n) is 6.15. The predicted molar refractivity (Wildman–Crippen MR) is 69.9 cm³/mol. The predicted octanol–water partition coefficient (Wildman–Crippen LogP) is 1.84. The maximum atomic E-state index is 10.9. The fourth-order valence-corrected chi connectivity index (χ4v) is 2.59. The van der Waals surface area contributed by atoms with Gasteiger partial charge in [-0.15, -0.1) is 0 Å². The summed E-state index contributed by atoms with van der Waals surface area (Å²) >= 11 is 0. The number of carbonyl (C=O) groups is 1. The van der Waals surface area contributed by atoms with Crippen LogP contribution in [0.25, 0.3) is 0 Å². The van der Waals surface area contributed by atoms with E-state index >= 15 is 0 Å². The highest BCUT2D eigenvalue weighted by atomic mass is 16.4. The molecule has 0 radical (unpaired) electrons. The van der Waals surface area contributed by atoms with Crippen LogP contribution in [0.1, 0.15) is 31.7 Å². The lowest BCUT2D eigenvalue weighted by Crippen LogP contribution is -2.38. The largest absolute Gasteiger partial charge is 0.481 e. The van der Waals surface area contributed by atoms with Crippen molar-refractivity contribution in [2.45, 2.75) is 31.8 Å². The molecule has 18 heavy (non-hydrogen) atoms. The summed E-state index contributed by atoms with van der Waals surface area (Å²) in [4.78, 5) is 13.0. The molecule has 2 rings (SSSR count). The number of carboxylic acids is 1. The molecule has 98 valence electrons. The van der Waals surface area contributed by atoms with Crippen molar-refractivity contribution < 1.29 is 15.0 Å². The number of rotatable bonds is 4. The van der Waals surface area contributed by atoms with E-state index in [1.165, 1.54) is 0 Å². The van der Waals surface area contributed by atoms with Crippen molar-refractivity contribution >= 4 is 11.7 Å². The second-order valence-electron chi connectivity index (χ2n) is 5.55. The van der Waals surface area contributed by atoms with Gasteiger partial charge in [-0.3, -0.25) is 4.79 Å². The Bertz CT molecular complexity index is 451. The number of fused-ring (bicyclic) bond motifs is 1. The lowest BCUT2D eigenvalue weighted by atomic mass is 9.98. The Morgan fingerprint density at radius 2 is 2.11 bits per heavy atom. The minimum absolute atomic E-state index is 0.0149. The summed E-state index contributed by atoms with van der Waals surface area (Å²) in [6.45, 7) is 4.70. The van der Waals surface area contributed by atoms with Gasteiger partial charge in [-0.25, -0.2) is 0 Å². The normalized spacial score (nSPS) is 18.8. The summed E-state index contributed by atoms with van der Waals surface area (Å²) in [6, 6.07) is 7.84. The lowest BCUT2D eigenvalue weighted by Gasteiger charge is -2.27. The first-order valence-corrected chi connectivity index (χ1v) is 6.15. The Kier molecular flexibility index (Phi) is 3.30. The maximum Gasteiger partial charge on any atom is 0.304 e. The topological polar surface area (TPSA) is 60.8 Å². The molecule has 0 aliphatic carbocycles. The van der Waals surface area contributed by atoms with E-state index in [0.717, 1.165) is 11.3 Å². The fraction of sp³-hybridized carbons (Fsp3) is 0.500.